The number of pyridine rings is 1. The number of rotatable bonds is 7. The van der Waals surface area contributed by atoms with Crippen molar-refractivity contribution in [3.8, 4) is 0 Å². The zero-order chi connectivity index (χ0) is 14.7. The average molecular weight is 285 g/mol. The van der Waals surface area contributed by atoms with E-state index in [1.165, 1.54) is 18.4 Å². The third-order valence-corrected chi connectivity index (χ3v) is 3.77. The van der Waals surface area contributed by atoms with Gasteiger partial charge >= 0.3 is 0 Å². The second kappa shape index (κ2) is 6.31. The van der Waals surface area contributed by atoms with Gasteiger partial charge in [0.1, 0.15) is 11.6 Å². The molecule has 0 aromatic carbocycles. The van der Waals surface area contributed by atoms with E-state index in [-0.39, 0.29) is 0 Å². The van der Waals surface area contributed by atoms with Crippen molar-refractivity contribution < 1.29 is 4.42 Å². The highest BCUT2D eigenvalue weighted by Gasteiger charge is 2.30. The van der Waals surface area contributed by atoms with E-state index in [1.807, 2.05) is 12.1 Å². The highest BCUT2D eigenvalue weighted by atomic mass is 16.3. The summed E-state index contributed by atoms with van der Waals surface area (Å²) in [5.41, 5.74) is 2.37. The van der Waals surface area contributed by atoms with E-state index in [9.17, 15) is 0 Å². The summed E-state index contributed by atoms with van der Waals surface area (Å²) in [6.07, 6.45) is 4.23. The Bertz CT molecular complexity index is 576. The molecule has 4 nitrogen and oxygen atoms in total. The molecule has 0 radical (unpaired) electrons. The minimum atomic E-state index is 0.608. The van der Waals surface area contributed by atoms with Gasteiger partial charge in [0.25, 0.3) is 0 Å². The maximum atomic E-state index is 5.51. The standard InChI is InChI=1S/C17H23N3O/c1-3-18-11-14-9-13(2)19-17(10-14)20(15-6-7-15)12-16-5-4-8-21-16/h4-5,8-10,15,18H,3,6-7,11-12H2,1-2H3. The number of furan rings is 1. The average Bonchev–Trinajstić information content (AvgIpc) is 3.18. The van der Waals surface area contributed by atoms with E-state index in [2.05, 4.69) is 36.2 Å². The third-order valence-electron chi connectivity index (χ3n) is 3.77. The normalized spacial score (nSPS) is 14.4. The summed E-state index contributed by atoms with van der Waals surface area (Å²) >= 11 is 0. The largest absolute Gasteiger partial charge is 0.467 e. The summed E-state index contributed by atoms with van der Waals surface area (Å²) in [4.78, 5) is 7.12. The molecule has 0 unspecified atom stereocenters. The van der Waals surface area contributed by atoms with Gasteiger partial charge in [0.2, 0.25) is 0 Å². The molecule has 0 bridgehead atoms. The lowest BCUT2D eigenvalue weighted by molar-refractivity contribution is 0.500. The Morgan fingerprint density at radius 1 is 1.38 bits per heavy atom. The lowest BCUT2D eigenvalue weighted by Gasteiger charge is -2.23. The molecule has 4 heteroatoms. The molecule has 21 heavy (non-hydrogen) atoms. The molecule has 1 saturated carbocycles. The van der Waals surface area contributed by atoms with Crippen LogP contribution in [0.1, 0.15) is 36.8 Å². The fourth-order valence-electron chi connectivity index (χ4n) is 2.59. The van der Waals surface area contributed by atoms with E-state index in [0.29, 0.717) is 6.04 Å². The lowest BCUT2D eigenvalue weighted by Crippen LogP contribution is -2.26. The first-order valence-electron chi connectivity index (χ1n) is 7.73. The number of hydrogen-bond donors (Lipinski definition) is 1. The van der Waals surface area contributed by atoms with Gasteiger partial charge in [0.05, 0.1) is 12.8 Å². The highest BCUT2D eigenvalue weighted by molar-refractivity contribution is 5.45. The van der Waals surface area contributed by atoms with Crippen LogP contribution in [0.4, 0.5) is 5.82 Å². The maximum absolute atomic E-state index is 5.51. The molecule has 0 aliphatic heterocycles. The summed E-state index contributed by atoms with van der Waals surface area (Å²) in [6.45, 7) is 6.87. The van der Waals surface area contributed by atoms with Crippen LogP contribution in [0.5, 0.6) is 0 Å². The van der Waals surface area contributed by atoms with Crippen molar-refractivity contribution in [2.45, 2.75) is 45.8 Å². The van der Waals surface area contributed by atoms with Crippen LogP contribution in [0.25, 0.3) is 0 Å². The Kier molecular flexibility index (Phi) is 4.25. The third kappa shape index (κ3) is 3.64. The molecule has 0 amide bonds. The predicted molar refractivity (Wildman–Crippen MR) is 84.3 cm³/mol. The van der Waals surface area contributed by atoms with Gasteiger partial charge in [-0.25, -0.2) is 4.98 Å². The van der Waals surface area contributed by atoms with E-state index in [4.69, 9.17) is 9.40 Å². The summed E-state index contributed by atoms with van der Waals surface area (Å²) in [5, 5.41) is 3.38. The first-order valence-corrected chi connectivity index (χ1v) is 7.73. The fraction of sp³-hybridized carbons (Fsp3) is 0.471. The number of nitrogens with one attached hydrogen (secondary N) is 1. The molecule has 1 N–H and O–H groups in total. The Morgan fingerprint density at radius 2 is 2.24 bits per heavy atom. The zero-order valence-corrected chi connectivity index (χ0v) is 12.8. The summed E-state index contributed by atoms with van der Waals surface area (Å²) in [5.74, 6) is 2.07. The molecule has 0 atom stereocenters. The Hall–Kier alpha value is -1.81. The van der Waals surface area contributed by atoms with Gasteiger partial charge in [-0.05, 0) is 56.1 Å². The van der Waals surface area contributed by atoms with Crippen molar-refractivity contribution in [3.63, 3.8) is 0 Å². The minimum absolute atomic E-state index is 0.608. The van der Waals surface area contributed by atoms with Crippen molar-refractivity contribution in [3.05, 3.63) is 47.5 Å². The zero-order valence-electron chi connectivity index (χ0n) is 12.8. The molecular formula is C17H23N3O. The Balaban J connectivity index is 1.82. The second-order valence-electron chi connectivity index (χ2n) is 5.69. The molecule has 1 fully saturated rings. The number of aryl methyl sites for hydroxylation is 1. The van der Waals surface area contributed by atoms with Crippen LogP contribution in [0.15, 0.2) is 34.9 Å². The van der Waals surface area contributed by atoms with Gasteiger partial charge < -0.3 is 14.6 Å². The smallest absolute Gasteiger partial charge is 0.129 e. The van der Waals surface area contributed by atoms with Crippen molar-refractivity contribution >= 4 is 5.82 Å². The second-order valence-corrected chi connectivity index (χ2v) is 5.69. The van der Waals surface area contributed by atoms with Crippen LogP contribution in [0.3, 0.4) is 0 Å². The first-order chi connectivity index (χ1) is 10.3. The monoisotopic (exact) mass is 285 g/mol. The molecule has 1 aliphatic carbocycles. The molecule has 2 aromatic heterocycles. The van der Waals surface area contributed by atoms with Crippen LogP contribution >= 0.6 is 0 Å². The molecule has 3 rings (SSSR count). The van der Waals surface area contributed by atoms with Gasteiger partial charge in [-0.3, -0.25) is 0 Å². The van der Waals surface area contributed by atoms with Crippen LogP contribution in [-0.2, 0) is 13.1 Å². The van der Waals surface area contributed by atoms with Gasteiger partial charge in [0, 0.05) is 18.3 Å². The summed E-state index contributed by atoms with van der Waals surface area (Å²) in [6, 6.07) is 8.95. The Labute approximate surface area is 126 Å². The van der Waals surface area contributed by atoms with Crippen molar-refractivity contribution in [2.75, 3.05) is 11.4 Å². The SMILES string of the molecule is CCNCc1cc(C)nc(N(Cc2ccco2)C2CC2)c1. The van der Waals surface area contributed by atoms with E-state index in [0.717, 1.165) is 36.9 Å². The van der Waals surface area contributed by atoms with Crippen molar-refractivity contribution in [2.24, 2.45) is 0 Å². The van der Waals surface area contributed by atoms with Crippen LogP contribution in [-0.4, -0.2) is 17.6 Å². The van der Waals surface area contributed by atoms with Gasteiger partial charge in [0.15, 0.2) is 0 Å². The van der Waals surface area contributed by atoms with Gasteiger partial charge in [-0.1, -0.05) is 6.92 Å². The Morgan fingerprint density at radius 3 is 2.90 bits per heavy atom. The topological polar surface area (TPSA) is 41.3 Å². The van der Waals surface area contributed by atoms with Crippen molar-refractivity contribution in [1.82, 2.24) is 10.3 Å². The van der Waals surface area contributed by atoms with Crippen molar-refractivity contribution in [1.29, 1.82) is 0 Å². The number of hydrogen-bond acceptors (Lipinski definition) is 4. The molecule has 2 aromatic rings. The predicted octanol–water partition coefficient (Wildman–Crippen LogP) is 3.26. The van der Waals surface area contributed by atoms with Crippen LogP contribution in [0.2, 0.25) is 0 Å². The van der Waals surface area contributed by atoms with Gasteiger partial charge in [-0.2, -0.15) is 0 Å². The van der Waals surface area contributed by atoms with Crippen LogP contribution < -0.4 is 10.2 Å². The van der Waals surface area contributed by atoms with Gasteiger partial charge in [-0.15, -0.1) is 0 Å². The van der Waals surface area contributed by atoms with E-state index in [1.54, 1.807) is 6.26 Å². The van der Waals surface area contributed by atoms with E-state index >= 15 is 0 Å². The molecule has 0 saturated heterocycles. The van der Waals surface area contributed by atoms with E-state index < -0.39 is 0 Å². The summed E-state index contributed by atoms with van der Waals surface area (Å²) in [7, 11) is 0. The molecule has 2 heterocycles. The minimum Gasteiger partial charge on any atom is -0.467 e. The van der Waals surface area contributed by atoms with Crippen LogP contribution in [0, 0.1) is 6.92 Å². The molecular weight excluding hydrogens is 262 g/mol. The fourth-order valence-corrected chi connectivity index (χ4v) is 2.59. The molecule has 0 spiro atoms. The molecule has 112 valence electrons. The number of aromatic nitrogens is 1. The lowest BCUT2D eigenvalue weighted by atomic mass is 10.2. The molecule has 1 aliphatic rings. The highest BCUT2D eigenvalue weighted by Crippen LogP contribution is 2.32. The quantitative estimate of drug-likeness (QED) is 0.848. The number of anilines is 1. The first kappa shape index (κ1) is 14.1. The number of nitrogens with zero attached hydrogens (tertiary/aromatic N) is 2. The summed E-state index contributed by atoms with van der Waals surface area (Å²) < 4.78 is 5.51. The maximum Gasteiger partial charge on any atom is 0.129 e.